The Morgan fingerprint density at radius 2 is 1.90 bits per heavy atom. The topological polar surface area (TPSA) is 74.7 Å². The number of alkyl halides is 1. The highest BCUT2D eigenvalue weighted by Crippen LogP contribution is 2.26. The van der Waals surface area contributed by atoms with E-state index in [2.05, 4.69) is 0 Å². The first-order valence-electron chi connectivity index (χ1n) is 5.86. The summed E-state index contributed by atoms with van der Waals surface area (Å²) in [6, 6.07) is 5.52. The van der Waals surface area contributed by atoms with E-state index in [9.17, 15) is 18.3 Å². The molecule has 2 rings (SSSR count). The maximum atomic E-state index is 12.0. The van der Waals surface area contributed by atoms with Gasteiger partial charge in [0, 0.05) is 10.7 Å². The molecule has 1 aliphatic rings. The highest BCUT2D eigenvalue weighted by Gasteiger charge is 2.42. The van der Waals surface area contributed by atoms with E-state index in [1.165, 1.54) is 4.90 Å². The fourth-order valence-electron chi connectivity index (χ4n) is 2.24. The van der Waals surface area contributed by atoms with Gasteiger partial charge in [-0.05, 0) is 24.3 Å². The largest absolute Gasteiger partial charge is 0.390 e. The summed E-state index contributed by atoms with van der Waals surface area (Å²) in [7, 11) is -3.36. The van der Waals surface area contributed by atoms with Gasteiger partial charge < -0.3 is 10.0 Å². The second-order valence-electron chi connectivity index (χ2n) is 4.59. The molecule has 0 spiro atoms. The maximum absolute atomic E-state index is 12.0. The number of aliphatic hydroxyl groups is 1. The van der Waals surface area contributed by atoms with Crippen molar-refractivity contribution in [2.75, 3.05) is 22.3 Å². The molecule has 2 unspecified atom stereocenters. The molecule has 1 heterocycles. The van der Waals surface area contributed by atoms with Crippen molar-refractivity contribution in [3.05, 3.63) is 29.3 Å². The van der Waals surface area contributed by atoms with Crippen LogP contribution in [0.15, 0.2) is 24.3 Å². The van der Waals surface area contributed by atoms with Crippen molar-refractivity contribution in [2.24, 2.45) is 0 Å². The van der Waals surface area contributed by atoms with Crippen LogP contribution < -0.4 is 4.90 Å². The lowest BCUT2D eigenvalue weighted by atomic mass is 10.1. The van der Waals surface area contributed by atoms with Gasteiger partial charge in [-0.2, -0.15) is 0 Å². The van der Waals surface area contributed by atoms with Crippen LogP contribution in [-0.4, -0.2) is 49.0 Å². The first-order chi connectivity index (χ1) is 9.34. The fraction of sp³-hybridized carbons (Fsp3) is 0.417. The molecule has 0 aliphatic carbocycles. The second kappa shape index (κ2) is 5.89. The number of hydrogen-bond acceptors (Lipinski definition) is 4. The number of rotatable bonds is 3. The van der Waals surface area contributed by atoms with E-state index in [4.69, 9.17) is 23.2 Å². The number of sulfone groups is 1. The van der Waals surface area contributed by atoms with Crippen LogP contribution in [0.5, 0.6) is 0 Å². The van der Waals surface area contributed by atoms with Gasteiger partial charge in [-0.1, -0.05) is 11.6 Å². The van der Waals surface area contributed by atoms with Crippen LogP contribution in [-0.2, 0) is 14.6 Å². The van der Waals surface area contributed by atoms with Crippen LogP contribution in [0.4, 0.5) is 5.69 Å². The maximum Gasteiger partial charge on any atom is 0.242 e. The zero-order chi connectivity index (χ0) is 14.9. The standard InChI is InChI=1S/C12H13Cl2NO4S/c13-5-12(17)15(9-3-1-8(14)2-4-9)10-6-20(18,19)7-11(10)16/h1-4,10-11,16H,5-7H2. The number of halogens is 2. The second-order valence-corrected chi connectivity index (χ2v) is 7.44. The Morgan fingerprint density at radius 1 is 1.30 bits per heavy atom. The highest BCUT2D eigenvalue weighted by atomic mass is 35.5. The van der Waals surface area contributed by atoms with E-state index in [-0.39, 0.29) is 17.4 Å². The lowest BCUT2D eigenvalue weighted by molar-refractivity contribution is -0.117. The summed E-state index contributed by atoms with van der Waals surface area (Å²) in [5, 5.41) is 10.4. The van der Waals surface area contributed by atoms with Gasteiger partial charge in [-0.15, -0.1) is 11.6 Å². The fourth-order valence-corrected chi connectivity index (χ4v) is 4.27. The molecule has 8 heteroatoms. The number of aliphatic hydroxyl groups excluding tert-OH is 1. The van der Waals surface area contributed by atoms with Crippen molar-refractivity contribution >= 4 is 44.6 Å². The van der Waals surface area contributed by atoms with E-state index in [0.717, 1.165) is 0 Å². The minimum Gasteiger partial charge on any atom is -0.390 e. The molecule has 1 amide bonds. The third kappa shape index (κ3) is 3.25. The van der Waals surface area contributed by atoms with Gasteiger partial charge >= 0.3 is 0 Å². The molecule has 20 heavy (non-hydrogen) atoms. The predicted molar refractivity (Wildman–Crippen MR) is 78.1 cm³/mol. The Bertz CT molecular complexity index is 602. The van der Waals surface area contributed by atoms with Crippen LogP contribution in [0.25, 0.3) is 0 Å². The van der Waals surface area contributed by atoms with E-state index < -0.39 is 27.9 Å². The molecule has 1 aliphatic heterocycles. The van der Waals surface area contributed by atoms with E-state index >= 15 is 0 Å². The van der Waals surface area contributed by atoms with Crippen molar-refractivity contribution in [1.29, 1.82) is 0 Å². The van der Waals surface area contributed by atoms with Crippen molar-refractivity contribution < 1.29 is 18.3 Å². The minimum atomic E-state index is -3.36. The highest BCUT2D eigenvalue weighted by molar-refractivity contribution is 7.91. The zero-order valence-electron chi connectivity index (χ0n) is 10.4. The summed E-state index contributed by atoms with van der Waals surface area (Å²) >= 11 is 11.4. The van der Waals surface area contributed by atoms with Gasteiger partial charge in [0.15, 0.2) is 9.84 Å². The summed E-state index contributed by atoms with van der Waals surface area (Å²) in [6.45, 7) is 0. The third-order valence-corrected chi connectivity index (χ3v) is 5.29. The molecule has 110 valence electrons. The minimum absolute atomic E-state index is 0.278. The molecule has 0 aromatic heterocycles. The monoisotopic (exact) mass is 337 g/mol. The number of hydrogen-bond donors (Lipinski definition) is 1. The number of nitrogens with zero attached hydrogens (tertiary/aromatic N) is 1. The van der Waals surface area contributed by atoms with Gasteiger partial charge in [0.05, 0.1) is 23.7 Å². The molecular weight excluding hydrogens is 325 g/mol. The summed E-state index contributed by atoms with van der Waals surface area (Å²) in [5.41, 5.74) is 0.459. The molecular formula is C12H13Cl2NO4S. The molecule has 1 fully saturated rings. The number of amides is 1. The number of carbonyl (C=O) groups excluding carboxylic acids is 1. The Labute approximate surface area is 127 Å². The lowest BCUT2D eigenvalue weighted by Crippen LogP contribution is -2.47. The number of anilines is 1. The summed E-state index contributed by atoms with van der Waals surface area (Å²) < 4.78 is 23.2. The van der Waals surface area contributed by atoms with Crippen molar-refractivity contribution in [1.82, 2.24) is 0 Å². The normalized spacial score (nSPS) is 24.6. The lowest BCUT2D eigenvalue weighted by Gasteiger charge is -2.29. The Hall–Kier alpha value is -0.820. The van der Waals surface area contributed by atoms with Gasteiger partial charge in [-0.25, -0.2) is 8.42 Å². The molecule has 0 radical (unpaired) electrons. The van der Waals surface area contributed by atoms with E-state index in [0.29, 0.717) is 10.7 Å². The molecule has 2 atom stereocenters. The van der Waals surface area contributed by atoms with E-state index in [1.54, 1.807) is 24.3 Å². The molecule has 1 N–H and O–H groups in total. The van der Waals surface area contributed by atoms with Gasteiger partial charge in [-0.3, -0.25) is 4.79 Å². The average Bonchev–Trinajstić information content (AvgIpc) is 2.65. The van der Waals surface area contributed by atoms with Crippen LogP contribution in [0, 0.1) is 0 Å². The van der Waals surface area contributed by atoms with Gasteiger partial charge in [0.25, 0.3) is 0 Å². The molecule has 1 saturated heterocycles. The summed E-state index contributed by atoms with van der Waals surface area (Å²) in [6.07, 6.45) is -1.12. The van der Waals surface area contributed by atoms with Crippen molar-refractivity contribution in [3.63, 3.8) is 0 Å². The van der Waals surface area contributed by atoms with Gasteiger partial charge in [0.1, 0.15) is 5.88 Å². The van der Waals surface area contributed by atoms with Crippen LogP contribution >= 0.6 is 23.2 Å². The van der Waals surface area contributed by atoms with Crippen LogP contribution in [0.1, 0.15) is 0 Å². The summed E-state index contributed by atoms with van der Waals surface area (Å²) in [5.74, 6) is -1.39. The van der Waals surface area contributed by atoms with E-state index in [1.807, 2.05) is 0 Å². The first-order valence-corrected chi connectivity index (χ1v) is 8.59. The average molecular weight is 338 g/mol. The molecule has 1 aromatic carbocycles. The third-order valence-electron chi connectivity index (χ3n) is 3.11. The Balaban J connectivity index is 2.38. The molecule has 0 bridgehead atoms. The Morgan fingerprint density at radius 3 is 2.35 bits per heavy atom. The van der Waals surface area contributed by atoms with Crippen molar-refractivity contribution in [2.45, 2.75) is 12.1 Å². The predicted octanol–water partition coefficient (Wildman–Crippen LogP) is 1.07. The van der Waals surface area contributed by atoms with Crippen LogP contribution in [0.2, 0.25) is 5.02 Å². The number of benzene rings is 1. The molecule has 0 saturated carbocycles. The quantitative estimate of drug-likeness (QED) is 0.837. The molecule has 1 aromatic rings. The van der Waals surface area contributed by atoms with Crippen LogP contribution in [0.3, 0.4) is 0 Å². The molecule has 5 nitrogen and oxygen atoms in total. The van der Waals surface area contributed by atoms with Crippen molar-refractivity contribution in [3.8, 4) is 0 Å². The van der Waals surface area contributed by atoms with Gasteiger partial charge in [0.2, 0.25) is 5.91 Å². The Kier molecular flexibility index (Phi) is 4.59. The number of carbonyl (C=O) groups is 1. The first kappa shape index (κ1) is 15.6. The summed E-state index contributed by atoms with van der Waals surface area (Å²) in [4.78, 5) is 13.2. The SMILES string of the molecule is O=C(CCl)N(c1ccc(Cl)cc1)C1CS(=O)(=O)CC1O. The zero-order valence-corrected chi connectivity index (χ0v) is 12.7. The smallest absolute Gasteiger partial charge is 0.242 e.